The van der Waals surface area contributed by atoms with Crippen LogP contribution in [0.1, 0.15) is 35.3 Å². The maximum absolute atomic E-state index is 12.9. The van der Waals surface area contributed by atoms with Gasteiger partial charge in [-0.05, 0) is 44.2 Å². The van der Waals surface area contributed by atoms with Crippen LogP contribution >= 0.6 is 0 Å². The monoisotopic (exact) mass is 338 g/mol. The zero-order chi connectivity index (χ0) is 18.0. The predicted molar refractivity (Wildman–Crippen MR) is 97.8 cm³/mol. The molecule has 0 aliphatic carbocycles. The molecular weight excluding hydrogens is 316 g/mol. The van der Waals surface area contributed by atoms with E-state index in [0.29, 0.717) is 17.1 Å². The summed E-state index contributed by atoms with van der Waals surface area (Å²) in [5.41, 5.74) is 1.82. The standard InChI is InChI=1S/C21H22O4/c1-21(2)12-11-16-19(25-21)10-9-15(20(16)24-4)17(22)13-14-7-5-6-8-18(14)23-3/h5-12H,13H2,1-4H3. The van der Waals surface area contributed by atoms with E-state index in [2.05, 4.69) is 0 Å². The largest absolute Gasteiger partial charge is 0.496 e. The number of para-hydroxylation sites is 1. The highest BCUT2D eigenvalue weighted by atomic mass is 16.5. The summed E-state index contributed by atoms with van der Waals surface area (Å²) in [4.78, 5) is 12.9. The fraction of sp³-hybridized carbons (Fsp3) is 0.286. The Hall–Kier alpha value is -2.75. The van der Waals surface area contributed by atoms with Gasteiger partial charge in [0.1, 0.15) is 22.8 Å². The molecule has 25 heavy (non-hydrogen) atoms. The SMILES string of the molecule is COc1ccccc1CC(=O)c1ccc2c(c1OC)C=CC(C)(C)O2. The molecule has 1 aliphatic heterocycles. The van der Waals surface area contributed by atoms with E-state index in [0.717, 1.165) is 16.9 Å². The molecule has 0 saturated carbocycles. The van der Waals surface area contributed by atoms with E-state index < -0.39 is 0 Å². The molecule has 130 valence electrons. The van der Waals surface area contributed by atoms with Crippen LogP contribution in [0.5, 0.6) is 17.2 Å². The number of ketones is 1. The summed E-state index contributed by atoms with van der Waals surface area (Å²) in [6.45, 7) is 3.97. The van der Waals surface area contributed by atoms with Gasteiger partial charge in [0.05, 0.1) is 25.3 Å². The van der Waals surface area contributed by atoms with Gasteiger partial charge in [-0.15, -0.1) is 0 Å². The lowest BCUT2D eigenvalue weighted by Gasteiger charge is -2.29. The van der Waals surface area contributed by atoms with Gasteiger partial charge in [0.15, 0.2) is 5.78 Å². The minimum Gasteiger partial charge on any atom is -0.496 e. The molecule has 4 nitrogen and oxygen atoms in total. The molecule has 4 heteroatoms. The lowest BCUT2D eigenvalue weighted by Crippen LogP contribution is -2.27. The van der Waals surface area contributed by atoms with Crippen LogP contribution in [-0.4, -0.2) is 25.6 Å². The summed E-state index contributed by atoms with van der Waals surface area (Å²) in [5.74, 6) is 1.95. The van der Waals surface area contributed by atoms with E-state index in [4.69, 9.17) is 14.2 Å². The van der Waals surface area contributed by atoms with Crippen molar-refractivity contribution in [3.05, 3.63) is 59.2 Å². The third kappa shape index (κ3) is 3.38. The van der Waals surface area contributed by atoms with Crippen molar-refractivity contribution in [1.82, 2.24) is 0 Å². The van der Waals surface area contributed by atoms with Gasteiger partial charge in [-0.3, -0.25) is 4.79 Å². The van der Waals surface area contributed by atoms with Crippen LogP contribution in [0.4, 0.5) is 0 Å². The van der Waals surface area contributed by atoms with Crippen molar-refractivity contribution >= 4 is 11.9 Å². The minimum absolute atomic E-state index is 0.0256. The van der Waals surface area contributed by atoms with Crippen LogP contribution in [-0.2, 0) is 6.42 Å². The normalized spacial score (nSPS) is 14.4. The van der Waals surface area contributed by atoms with Gasteiger partial charge in [-0.25, -0.2) is 0 Å². The van der Waals surface area contributed by atoms with E-state index >= 15 is 0 Å². The Bertz CT molecular complexity index is 834. The summed E-state index contributed by atoms with van der Waals surface area (Å²) in [6, 6.07) is 11.1. The van der Waals surface area contributed by atoms with Crippen molar-refractivity contribution in [2.45, 2.75) is 25.9 Å². The number of hydrogen-bond acceptors (Lipinski definition) is 4. The quantitative estimate of drug-likeness (QED) is 0.762. The third-order valence-electron chi connectivity index (χ3n) is 4.23. The number of benzene rings is 2. The Morgan fingerprint density at radius 3 is 2.56 bits per heavy atom. The first-order chi connectivity index (χ1) is 11.9. The highest BCUT2D eigenvalue weighted by molar-refractivity contribution is 6.01. The van der Waals surface area contributed by atoms with Crippen LogP contribution in [0.25, 0.3) is 6.08 Å². The van der Waals surface area contributed by atoms with E-state index in [1.165, 1.54) is 0 Å². The van der Waals surface area contributed by atoms with Crippen molar-refractivity contribution in [2.24, 2.45) is 0 Å². The number of carbonyl (C=O) groups excluding carboxylic acids is 1. The van der Waals surface area contributed by atoms with Gasteiger partial charge in [-0.2, -0.15) is 0 Å². The molecule has 0 saturated heterocycles. The Balaban J connectivity index is 1.96. The molecule has 0 atom stereocenters. The van der Waals surface area contributed by atoms with Crippen molar-refractivity contribution in [2.75, 3.05) is 14.2 Å². The van der Waals surface area contributed by atoms with E-state index in [1.807, 2.05) is 56.3 Å². The molecule has 1 aliphatic rings. The van der Waals surface area contributed by atoms with Gasteiger partial charge in [0, 0.05) is 12.0 Å². The molecule has 0 unspecified atom stereocenters. The van der Waals surface area contributed by atoms with Crippen LogP contribution in [0, 0.1) is 0 Å². The summed E-state index contributed by atoms with van der Waals surface area (Å²) in [5, 5.41) is 0. The molecule has 0 radical (unpaired) electrons. The lowest BCUT2D eigenvalue weighted by molar-refractivity contribution is 0.0989. The van der Waals surface area contributed by atoms with Crippen molar-refractivity contribution < 1.29 is 19.0 Å². The molecule has 3 rings (SSSR count). The van der Waals surface area contributed by atoms with Gasteiger partial charge in [0.25, 0.3) is 0 Å². The first-order valence-electron chi connectivity index (χ1n) is 8.19. The number of fused-ring (bicyclic) bond motifs is 1. The molecule has 2 aromatic carbocycles. The van der Waals surface area contributed by atoms with Crippen LogP contribution < -0.4 is 14.2 Å². The molecule has 0 spiro atoms. The zero-order valence-electron chi connectivity index (χ0n) is 15.0. The molecule has 0 aromatic heterocycles. The molecule has 0 fully saturated rings. The van der Waals surface area contributed by atoms with Crippen LogP contribution in [0.15, 0.2) is 42.5 Å². The zero-order valence-corrected chi connectivity index (χ0v) is 15.0. The predicted octanol–water partition coefficient (Wildman–Crippen LogP) is 4.31. The van der Waals surface area contributed by atoms with Gasteiger partial charge in [0.2, 0.25) is 0 Å². The maximum atomic E-state index is 12.9. The molecule has 0 N–H and O–H groups in total. The smallest absolute Gasteiger partial charge is 0.171 e. The topological polar surface area (TPSA) is 44.8 Å². The van der Waals surface area contributed by atoms with E-state index in [9.17, 15) is 4.79 Å². The number of methoxy groups -OCH3 is 2. The molecule has 1 heterocycles. The van der Waals surface area contributed by atoms with E-state index in [1.54, 1.807) is 20.3 Å². The van der Waals surface area contributed by atoms with Gasteiger partial charge in [-0.1, -0.05) is 18.2 Å². The van der Waals surface area contributed by atoms with Gasteiger partial charge >= 0.3 is 0 Å². The third-order valence-corrected chi connectivity index (χ3v) is 4.23. The number of ether oxygens (including phenoxy) is 3. The summed E-state index contributed by atoms with van der Waals surface area (Å²) < 4.78 is 16.8. The Morgan fingerprint density at radius 1 is 1.08 bits per heavy atom. The first kappa shape index (κ1) is 17.1. The number of rotatable bonds is 5. The van der Waals surface area contributed by atoms with Crippen molar-refractivity contribution in [1.29, 1.82) is 0 Å². The second-order valence-electron chi connectivity index (χ2n) is 6.51. The maximum Gasteiger partial charge on any atom is 0.171 e. The molecule has 0 bridgehead atoms. The highest BCUT2D eigenvalue weighted by Crippen LogP contribution is 2.39. The number of hydrogen-bond donors (Lipinski definition) is 0. The average Bonchev–Trinajstić information content (AvgIpc) is 2.60. The van der Waals surface area contributed by atoms with Crippen LogP contribution in [0.2, 0.25) is 0 Å². The van der Waals surface area contributed by atoms with Crippen molar-refractivity contribution in [3.8, 4) is 17.2 Å². The Kier molecular flexibility index (Phi) is 4.53. The summed E-state index contributed by atoms with van der Waals surface area (Å²) in [6.07, 6.45) is 4.17. The Morgan fingerprint density at radius 2 is 1.84 bits per heavy atom. The molecule has 2 aromatic rings. The fourth-order valence-electron chi connectivity index (χ4n) is 2.99. The van der Waals surface area contributed by atoms with Crippen molar-refractivity contribution in [3.63, 3.8) is 0 Å². The molecular formula is C21H22O4. The minimum atomic E-state index is -0.374. The molecule has 0 amide bonds. The second kappa shape index (κ2) is 6.63. The van der Waals surface area contributed by atoms with Gasteiger partial charge < -0.3 is 14.2 Å². The van der Waals surface area contributed by atoms with E-state index in [-0.39, 0.29) is 17.8 Å². The highest BCUT2D eigenvalue weighted by Gasteiger charge is 2.26. The summed E-state index contributed by atoms with van der Waals surface area (Å²) >= 11 is 0. The second-order valence-corrected chi connectivity index (χ2v) is 6.51. The first-order valence-corrected chi connectivity index (χ1v) is 8.19. The lowest BCUT2D eigenvalue weighted by atomic mass is 9.96. The number of carbonyl (C=O) groups is 1. The fourth-order valence-corrected chi connectivity index (χ4v) is 2.99. The van der Waals surface area contributed by atoms with Crippen LogP contribution in [0.3, 0.4) is 0 Å². The average molecular weight is 338 g/mol. The summed E-state index contributed by atoms with van der Waals surface area (Å²) in [7, 11) is 3.18. The number of Topliss-reactive ketones (excluding diaryl/α,β-unsaturated/α-hetero) is 1. The Labute approximate surface area is 148 Å².